The fraction of sp³-hybridized carbons (Fsp3) is 0.600. The zero-order chi connectivity index (χ0) is 8.69. The van der Waals surface area contributed by atoms with Gasteiger partial charge in [0, 0.05) is 12.7 Å². The summed E-state index contributed by atoms with van der Waals surface area (Å²) >= 11 is 0. The summed E-state index contributed by atoms with van der Waals surface area (Å²) < 4.78 is 0. The Balaban J connectivity index is 3.87. The van der Waals surface area contributed by atoms with Crippen LogP contribution in [-0.2, 0) is 0 Å². The monoisotopic (exact) mass is 153 g/mol. The molecule has 1 nitrogen and oxygen atoms in total. The van der Waals surface area contributed by atoms with E-state index in [4.69, 9.17) is 0 Å². The topological polar surface area (TPSA) is 12.0 Å². The van der Waals surface area contributed by atoms with Gasteiger partial charge in [-0.05, 0) is 25.3 Å². The highest BCUT2D eigenvalue weighted by Gasteiger charge is 1.97. The van der Waals surface area contributed by atoms with Gasteiger partial charge >= 0.3 is 0 Å². The van der Waals surface area contributed by atoms with Crippen molar-refractivity contribution in [1.82, 2.24) is 5.32 Å². The molecule has 1 heteroatoms. The lowest BCUT2D eigenvalue weighted by Gasteiger charge is -2.08. The summed E-state index contributed by atoms with van der Waals surface area (Å²) in [5, 5.41) is 3.06. The summed E-state index contributed by atoms with van der Waals surface area (Å²) in [4.78, 5) is 0. The highest BCUT2D eigenvalue weighted by molar-refractivity contribution is 5.25. The van der Waals surface area contributed by atoms with Crippen LogP contribution in [0.15, 0.2) is 23.9 Å². The summed E-state index contributed by atoms with van der Waals surface area (Å²) in [6, 6.07) is 0. The molecule has 0 saturated heterocycles. The average molecular weight is 153 g/mol. The lowest BCUT2D eigenvalue weighted by Crippen LogP contribution is -2.06. The number of hydrogen-bond acceptors (Lipinski definition) is 1. The maximum absolute atomic E-state index is 3.92. The number of allylic oxidation sites excluding steroid dienone is 2. The van der Waals surface area contributed by atoms with E-state index < -0.39 is 0 Å². The molecular formula is C10H19N. The normalized spacial score (nSPS) is 11.4. The first kappa shape index (κ1) is 10.3. The maximum atomic E-state index is 3.92. The van der Waals surface area contributed by atoms with E-state index in [1.807, 2.05) is 7.05 Å². The molecule has 0 unspecified atom stereocenters. The second-order valence-corrected chi connectivity index (χ2v) is 2.65. The number of rotatable bonds is 5. The Morgan fingerprint density at radius 2 is 2.18 bits per heavy atom. The Morgan fingerprint density at radius 3 is 2.55 bits per heavy atom. The molecule has 0 atom stereocenters. The number of nitrogens with one attached hydrogen (secondary N) is 1. The van der Waals surface area contributed by atoms with Crippen molar-refractivity contribution in [3.05, 3.63) is 23.9 Å². The van der Waals surface area contributed by atoms with Gasteiger partial charge in [0.05, 0.1) is 0 Å². The maximum Gasteiger partial charge on any atom is 0.0293 e. The third kappa shape index (κ3) is 3.87. The van der Waals surface area contributed by atoms with E-state index in [9.17, 15) is 0 Å². The van der Waals surface area contributed by atoms with Gasteiger partial charge in [0.15, 0.2) is 0 Å². The summed E-state index contributed by atoms with van der Waals surface area (Å²) in [6.45, 7) is 8.18. The molecule has 0 aliphatic carbocycles. The van der Waals surface area contributed by atoms with E-state index in [1.165, 1.54) is 18.4 Å². The largest absolute Gasteiger partial charge is 0.388 e. The fourth-order valence-electron chi connectivity index (χ4n) is 0.997. The van der Waals surface area contributed by atoms with Crippen LogP contribution in [0.2, 0.25) is 0 Å². The molecule has 0 aliphatic heterocycles. The van der Waals surface area contributed by atoms with Gasteiger partial charge in [-0.15, -0.1) is 0 Å². The quantitative estimate of drug-likeness (QED) is 0.599. The Morgan fingerprint density at radius 1 is 1.55 bits per heavy atom. The average Bonchev–Trinajstić information content (AvgIpc) is 2.05. The van der Waals surface area contributed by atoms with Crippen molar-refractivity contribution in [2.24, 2.45) is 0 Å². The summed E-state index contributed by atoms with van der Waals surface area (Å²) in [5.74, 6) is 0. The Hall–Kier alpha value is -0.720. The standard InChI is InChI=1S/C10H19N/c1-5-7-8-10(6-2)9(3)11-4/h6,11H,3,5,7-8H2,1-2,4H3/b10-6-. The van der Waals surface area contributed by atoms with Gasteiger partial charge < -0.3 is 5.32 Å². The first-order chi connectivity index (χ1) is 5.26. The molecule has 0 saturated carbocycles. The third-order valence-electron chi connectivity index (χ3n) is 1.84. The van der Waals surface area contributed by atoms with E-state index in [0.29, 0.717) is 0 Å². The van der Waals surface area contributed by atoms with Crippen LogP contribution in [0.3, 0.4) is 0 Å². The molecule has 0 aromatic heterocycles. The van der Waals surface area contributed by atoms with Crippen LogP contribution in [-0.4, -0.2) is 7.05 Å². The van der Waals surface area contributed by atoms with Crippen molar-refractivity contribution in [2.75, 3.05) is 7.05 Å². The molecule has 64 valence electrons. The van der Waals surface area contributed by atoms with E-state index in [0.717, 1.165) is 12.1 Å². The molecule has 0 fully saturated rings. The molecule has 0 radical (unpaired) electrons. The number of unbranched alkanes of at least 4 members (excludes halogenated alkanes) is 1. The molecule has 0 bridgehead atoms. The molecule has 0 aromatic rings. The second-order valence-electron chi connectivity index (χ2n) is 2.65. The lowest BCUT2D eigenvalue weighted by molar-refractivity contribution is 0.778. The van der Waals surface area contributed by atoms with Crippen molar-refractivity contribution in [3.63, 3.8) is 0 Å². The minimum absolute atomic E-state index is 1.06. The predicted molar refractivity (Wildman–Crippen MR) is 51.5 cm³/mol. The van der Waals surface area contributed by atoms with Crippen molar-refractivity contribution in [2.45, 2.75) is 33.1 Å². The Kier molecular flexibility index (Phi) is 5.63. The Bertz CT molecular complexity index is 145. The van der Waals surface area contributed by atoms with Crippen LogP contribution in [0.5, 0.6) is 0 Å². The van der Waals surface area contributed by atoms with Crippen LogP contribution in [0.4, 0.5) is 0 Å². The van der Waals surface area contributed by atoms with Gasteiger partial charge in [-0.25, -0.2) is 0 Å². The van der Waals surface area contributed by atoms with Crippen LogP contribution in [0.1, 0.15) is 33.1 Å². The molecule has 0 rings (SSSR count). The highest BCUT2D eigenvalue weighted by atomic mass is 14.8. The minimum Gasteiger partial charge on any atom is -0.388 e. The molecular weight excluding hydrogens is 134 g/mol. The molecule has 0 amide bonds. The number of hydrogen-bond donors (Lipinski definition) is 1. The van der Waals surface area contributed by atoms with E-state index in [-0.39, 0.29) is 0 Å². The van der Waals surface area contributed by atoms with Crippen LogP contribution in [0, 0.1) is 0 Å². The molecule has 11 heavy (non-hydrogen) atoms. The zero-order valence-corrected chi connectivity index (χ0v) is 7.91. The first-order valence-corrected chi connectivity index (χ1v) is 4.28. The van der Waals surface area contributed by atoms with Gasteiger partial charge in [0.2, 0.25) is 0 Å². The van der Waals surface area contributed by atoms with E-state index in [1.54, 1.807) is 0 Å². The predicted octanol–water partition coefficient (Wildman–Crippen LogP) is 2.86. The van der Waals surface area contributed by atoms with Crippen molar-refractivity contribution < 1.29 is 0 Å². The van der Waals surface area contributed by atoms with E-state index >= 15 is 0 Å². The molecule has 0 aliphatic rings. The smallest absolute Gasteiger partial charge is 0.0293 e. The van der Waals surface area contributed by atoms with Crippen molar-refractivity contribution in [3.8, 4) is 0 Å². The summed E-state index contributed by atoms with van der Waals surface area (Å²) in [5.41, 5.74) is 2.40. The van der Waals surface area contributed by atoms with Gasteiger partial charge in [0.25, 0.3) is 0 Å². The van der Waals surface area contributed by atoms with Crippen LogP contribution >= 0.6 is 0 Å². The van der Waals surface area contributed by atoms with Gasteiger partial charge in [-0.3, -0.25) is 0 Å². The van der Waals surface area contributed by atoms with Crippen LogP contribution < -0.4 is 5.32 Å². The van der Waals surface area contributed by atoms with Crippen molar-refractivity contribution >= 4 is 0 Å². The summed E-state index contributed by atoms with van der Waals surface area (Å²) in [6.07, 6.45) is 5.77. The number of likely N-dealkylation sites (N-methyl/N-ethyl adjacent to an activating group) is 1. The third-order valence-corrected chi connectivity index (χ3v) is 1.84. The highest BCUT2D eigenvalue weighted by Crippen LogP contribution is 2.12. The molecule has 0 heterocycles. The lowest BCUT2D eigenvalue weighted by atomic mass is 10.1. The summed E-state index contributed by atoms with van der Waals surface area (Å²) in [7, 11) is 1.91. The van der Waals surface area contributed by atoms with Gasteiger partial charge in [0.1, 0.15) is 0 Å². The van der Waals surface area contributed by atoms with Gasteiger partial charge in [-0.1, -0.05) is 26.0 Å². The minimum atomic E-state index is 1.06. The van der Waals surface area contributed by atoms with E-state index in [2.05, 4.69) is 31.8 Å². The molecule has 0 spiro atoms. The zero-order valence-electron chi connectivity index (χ0n) is 7.91. The molecule has 0 aromatic carbocycles. The molecule has 1 N–H and O–H groups in total. The van der Waals surface area contributed by atoms with Gasteiger partial charge in [-0.2, -0.15) is 0 Å². The SMILES string of the molecule is C=C(NC)/C(=C\C)CCCC. The Labute approximate surface area is 70.2 Å². The van der Waals surface area contributed by atoms with Crippen molar-refractivity contribution in [1.29, 1.82) is 0 Å². The first-order valence-electron chi connectivity index (χ1n) is 4.28. The fourth-order valence-corrected chi connectivity index (χ4v) is 0.997. The second kappa shape index (κ2) is 6.02. The van der Waals surface area contributed by atoms with Crippen LogP contribution in [0.25, 0.3) is 0 Å².